The van der Waals surface area contributed by atoms with Crippen molar-refractivity contribution in [2.75, 3.05) is 26.7 Å². The van der Waals surface area contributed by atoms with E-state index in [1.165, 1.54) is 35.0 Å². The summed E-state index contributed by atoms with van der Waals surface area (Å²) in [5.41, 5.74) is 8.38. The molecule has 0 radical (unpaired) electrons. The highest BCUT2D eigenvalue weighted by Crippen LogP contribution is 2.38. The lowest BCUT2D eigenvalue weighted by molar-refractivity contribution is -0.146. The van der Waals surface area contributed by atoms with Crippen LogP contribution >= 0.6 is 11.6 Å². The summed E-state index contributed by atoms with van der Waals surface area (Å²) in [6, 6.07) is 12.7. The second-order valence-corrected chi connectivity index (χ2v) is 11.5. The number of carbonyl (C=O) groups is 1. The number of ether oxygens (including phenoxy) is 1. The van der Waals surface area contributed by atoms with E-state index in [0.717, 1.165) is 75.8 Å². The first kappa shape index (κ1) is 29.0. The van der Waals surface area contributed by atoms with E-state index >= 15 is 0 Å². The molecule has 0 saturated carbocycles. The van der Waals surface area contributed by atoms with Crippen LogP contribution in [0.5, 0.6) is 0 Å². The lowest BCUT2D eigenvalue weighted by Gasteiger charge is -2.30. The zero-order valence-electron chi connectivity index (χ0n) is 23.6. The predicted octanol–water partition coefficient (Wildman–Crippen LogP) is 7.59. The molecule has 0 atom stereocenters. The van der Waals surface area contributed by atoms with Crippen molar-refractivity contribution >= 4 is 23.1 Å². The van der Waals surface area contributed by atoms with Gasteiger partial charge in [0.1, 0.15) is 0 Å². The summed E-state index contributed by atoms with van der Waals surface area (Å²) < 4.78 is 4.97. The van der Waals surface area contributed by atoms with Gasteiger partial charge in [0.15, 0.2) is 0 Å². The van der Waals surface area contributed by atoms with E-state index in [2.05, 4.69) is 54.0 Å². The summed E-state index contributed by atoms with van der Waals surface area (Å²) in [5, 5.41) is 0.661. The molecule has 0 amide bonds. The fourth-order valence-electron chi connectivity index (χ4n) is 5.69. The van der Waals surface area contributed by atoms with Gasteiger partial charge in [-0.15, -0.1) is 0 Å². The summed E-state index contributed by atoms with van der Waals surface area (Å²) in [6.07, 6.45) is 15.3. The molecule has 1 aromatic carbocycles. The van der Waals surface area contributed by atoms with Gasteiger partial charge in [0.25, 0.3) is 0 Å². The van der Waals surface area contributed by atoms with Crippen molar-refractivity contribution in [3.63, 3.8) is 0 Å². The highest BCUT2D eigenvalue weighted by Gasteiger charge is 2.30. The Morgan fingerprint density at radius 3 is 2.56 bits per heavy atom. The molecule has 2 aliphatic rings. The van der Waals surface area contributed by atoms with Gasteiger partial charge in [0.05, 0.1) is 18.2 Å². The molecule has 4 rings (SSSR count). The number of halogens is 1. The second kappa shape index (κ2) is 13.4. The highest BCUT2D eigenvalue weighted by atomic mass is 35.5. The van der Waals surface area contributed by atoms with Gasteiger partial charge in [0.2, 0.25) is 0 Å². The van der Waals surface area contributed by atoms with Crippen LogP contribution in [-0.4, -0.2) is 42.6 Å². The molecule has 0 N–H and O–H groups in total. The number of methoxy groups -OCH3 is 1. The van der Waals surface area contributed by atoms with E-state index in [1.54, 1.807) is 6.08 Å². The average molecular weight is 545 g/mol. The summed E-state index contributed by atoms with van der Waals surface area (Å²) in [4.78, 5) is 19.6. The number of benzene rings is 1. The van der Waals surface area contributed by atoms with E-state index in [4.69, 9.17) is 21.3 Å². The topological polar surface area (TPSA) is 42.4 Å². The zero-order valence-corrected chi connectivity index (χ0v) is 24.4. The molecule has 1 saturated heterocycles. The maximum atomic E-state index is 12.1. The standard InChI is InChI=1S/C34H41ClN2O2/c1-5-30(35)18-15-26-10-6-11-28-12-7-21-36-32(28)31(26)27-19-23-37(24-20-27)22-8-9-25-13-16-29(17-14-25)34(2,3)33(38)39-4/h5,7,12-18,21H,1,6,8-11,19-20,22-24H2,2-4H3/b26-15+,30-18+. The number of esters is 1. The lowest BCUT2D eigenvalue weighted by atomic mass is 9.84. The smallest absolute Gasteiger partial charge is 0.315 e. The Morgan fingerprint density at radius 2 is 1.87 bits per heavy atom. The van der Waals surface area contributed by atoms with Crippen molar-refractivity contribution in [2.24, 2.45) is 0 Å². The van der Waals surface area contributed by atoms with Gasteiger partial charge in [-0.3, -0.25) is 9.78 Å². The Hall–Kier alpha value is -2.95. The Bertz CT molecular complexity index is 1260. The van der Waals surface area contributed by atoms with Crippen molar-refractivity contribution in [3.8, 4) is 0 Å². The summed E-state index contributed by atoms with van der Waals surface area (Å²) >= 11 is 6.26. The Kier molecular flexibility index (Phi) is 9.99. The van der Waals surface area contributed by atoms with Gasteiger partial charge >= 0.3 is 5.97 Å². The summed E-state index contributed by atoms with van der Waals surface area (Å²) in [7, 11) is 1.44. The van der Waals surface area contributed by atoms with Crippen LogP contribution in [0.15, 0.2) is 83.6 Å². The number of aromatic nitrogens is 1. The van der Waals surface area contributed by atoms with Gasteiger partial charge in [0, 0.05) is 29.9 Å². The first-order valence-electron chi connectivity index (χ1n) is 14.1. The van der Waals surface area contributed by atoms with Crippen molar-refractivity contribution < 1.29 is 9.53 Å². The first-order valence-corrected chi connectivity index (χ1v) is 14.5. The molecular formula is C34H41ClN2O2. The molecule has 0 bridgehead atoms. The number of fused-ring (bicyclic) bond motifs is 1. The molecule has 2 aromatic rings. The molecule has 0 unspecified atom stereocenters. The number of likely N-dealkylation sites (tertiary alicyclic amines) is 1. The SMILES string of the molecule is C=C/C(Cl)=C\C=C1/CCCc2cccnc2C1=C1CCN(CCCc2ccc(C(C)(C)C(=O)OC)cc2)CC1. The number of hydrogen-bond acceptors (Lipinski definition) is 4. The number of piperidine rings is 1. The van der Waals surface area contributed by atoms with Crippen molar-refractivity contribution in [1.29, 1.82) is 0 Å². The highest BCUT2D eigenvalue weighted by molar-refractivity contribution is 6.31. The summed E-state index contributed by atoms with van der Waals surface area (Å²) in [6.45, 7) is 10.8. The molecule has 1 aliphatic carbocycles. The third-order valence-corrected chi connectivity index (χ3v) is 8.38. The van der Waals surface area contributed by atoms with Crippen LogP contribution in [0.25, 0.3) is 5.57 Å². The molecule has 206 valence electrons. The molecule has 1 fully saturated rings. The van der Waals surface area contributed by atoms with Gasteiger partial charge in [-0.25, -0.2) is 0 Å². The number of rotatable bonds is 8. The monoisotopic (exact) mass is 544 g/mol. The molecule has 39 heavy (non-hydrogen) atoms. The maximum Gasteiger partial charge on any atom is 0.315 e. The average Bonchev–Trinajstić information content (AvgIpc) is 3.15. The zero-order chi connectivity index (χ0) is 27.8. The first-order chi connectivity index (χ1) is 18.8. The minimum Gasteiger partial charge on any atom is -0.468 e. The van der Waals surface area contributed by atoms with E-state index in [-0.39, 0.29) is 5.97 Å². The van der Waals surface area contributed by atoms with Crippen molar-refractivity contribution in [2.45, 2.75) is 64.2 Å². The third kappa shape index (κ3) is 7.17. The van der Waals surface area contributed by atoms with Crippen LogP contribution in [0.2, 0.25) is 0 Å². The third-order valence-electron chi connectivity index (χ3n) is 8.10. The minimum absolute atomic E-state index is 0.211. The van der Waals surface area contributed by atoms with E-state index in [0.29, 0.717) is 5.03 Å². The normalized spacial score (nSPS) is 18.1. The van der Waals surface area contributed by atoms with Crippen LogP contribution < -0.4 is 0 Å². The number of allylic oxidation sites excluding steroid dienone is 6. The fraction of sp³-hybridized carbons (Fsp3) is 0.412. The molecule has 4 nitrogen and oxygen atoms in total. The Balaban J connectivity index is 1.40. The Morgan fingerprint density at radius 1 is 1.13 bits per heavy atom. The fourth-order valence-corrected chi connectivity index (χ4v) is 5.75. The largest absolute Gasteiger partial charge is 0.468 e. The quantitative estimate of drug-likeness (QED) is 0.195. The summed E-state index contributed by atoms with van der Waals surface area (Å²) in [5.74, 6) is -0.211. The van der Waals surface area contributed by atoms with Gasteiger partial charge < -0.3 is 9.64 Å². The van der Waals surface area contributed by atoms with E-state index in [9.17, 15) is 4.79 Å². The van der Waals surface area contributed by atoms with E-state index < -0.39 is 5.41 Å². The molecular weight excluding hydrogens is 504 g/mol. The van der Waals surface area contributed by atoms with Crippen LogP contribution in [0.3, 0.4) is 0 Å². The molecule has 2 heterocycles. The van der Waals surface area contributed by atoms with E-state index in [1.807, 2.05) is 26.1 Å². The molecule has 1 aliphatic heterocycles. The minimum atomic E-state index is -0.635. The number of carbonyl (C=O) groups excluding carboxylic acids is 1. The van der Waals surface area contributed by atoms with Crippen LogP contribution in [-0.2, 0) is 27.8 Å². The maximum absolute atomic E-state index is 12.1. The van der Waals surface area contributed by atoms with Crippen LogP contribution in [0.4, 0.5) is 0 Å². The van der Waals surface area contributed by atoms with Crippen LogP contribution in [0.1, 0.15) is 68.3 Å². The molecule has 1 aromatic heterocycles. The second-order valence-electron chi connectivity index (χ2n) is 11.0. The van der Waals surface area contributed by atoms with Gasteiger partial charge in [-0.1, -0.05) is 66.2 Å². The van der Waals surface area contributed by atoms with Gasteiger partial charge in [-0.2, -0.15) is 0 Å². The lowest BCUT2D eigenvalue weighted by Crippen LogP contribution is -2.32. The van der Waals surface area contributed by atoms with Gasteiger partial charge in [-0.05, 0) is 99.7 Å². The van der Waals surface area contributed by atoms with Crippen molar-refractivity contribution in [1.82, 2.24) is 9.88 Å². The number of nitrogens with zero attached hydrogens (tertiary/aromatic N) is 2. The molecule has 0 spiro atoms. The molecule has 5 heteroatoms. The number of aryl methyl sites for hydroxylation is 2. The van der Waals surface area contributed by atoms with Crippen molar-refractivity contribution in [3.05, 3.63) is 106 Å². The predicted molar refractivity (Wildman–Crippen MR) is 162 cm³/mol. The number of pyridine rings is 1. The number of hydrogen-bond donors (Lipinski definition) is 0. The Labute approximate surface area is 239 Å². The van der Waals surface area contributed by atoms with Crippen LogP contribution in [0, 0.1) is 0 Å².